The maximum absolute atomic E-state index is 13.7. The first-order valence-corrected chi connectivity index (χ1v) is 10.4. The molecule has 0 unspecified atom stereocenters. The zero-order valence-corrected chi connectivity index (χ0v) is 18.0. The molecule has 0 bridgehead atoms. The van der Waals surface area contributed by atoms with Gasteiger partial charge in [0.15, 0.2) is 5.82 Å². The van der Waals surface area contributed by atoms with Gasteiger partial charge in [0.05, 0.1) is 5.69 Å². The van der Waals surface area contributed by atoms with Crippen LogP contribution in [0.2, 0.25) is 0 Å². The van der Waals surface area contributed by atoms with Gasteiger partial charge in [0.2, 0.25) is 0 Å². The number of urea groups is 1. The van der Waals surface area contributed by atoms with Crippen molar-refractivity contribution in [1.82, 2.24) is 15.1 Å². The van der Waals surface area contributed by atoms with Crippen molar-refractivity contribution in [2.45, 2.75) is 20.8 Å². The fourth-order valence-electron chi connectivity index (χ4n) is 3.75. The average molecular weight is 420 g/mol. The van der Waals surface area contributed by atoms with Gasteiger partial charge in [-0.1, -0.05) is 29.8 Å². The predicted molar refractivity (Wildman–Crippen MR) is 121 cm³/mol. The second-order valence-electron chi connectivity index (χ2n) is 7.96. The van der Waals surface area contributed by atoms with Gasteiger partial charge in [-0.15, -0.1) is 10.2 Å². The summed E-state index contributed by atoms with van der Waals surface area (Å²) in [7, 11) is 0. The summed E-state index contributed by atoms with van der Waals surface area (Å²) in [5.74, 6) is 0.472. The largest absolute Gasteiger partial charge is 0.352 e. The van der Waals surface area contributed by atoms with Crippen molar-refractivity contribution in [3.63, 3.8) is 0 Å². The number of anilines is 2. The van der Waals surface area contributed by atoms with E-state index in [4.69, 9.17) is 0 Å². The smallest absolute Gasteiger partial charge is 0.321 e. The third kappa shape index (κ3) is 4.66. The van der Waals surface area contributed by atoms with Gasteiger partial charge in [-0.25, -0.2) is 9.18 Å². The molecule has 0 aliphatic carbocycles. The fourth-order valence-corrected chi connectivity index (χ4v) is 3.75. The van der Waals surface area contributed by atoms with Crippen LogP contribution in [0.3, 0.4) is 0 Å². The van der Waals surface area contributed by atoms with Crippen LogP contribution in [0.25, 0.3) is 11.3 Å². The number of amides is 2. The quantitative estimate of drug-likeness (QED) is 0.676. The molecule has 3 aromatic rings. The molecule has 31 heavy (non-hydrogen) atoms. The van der Waals surface area contributed by atoms with Crippen molar-refractivity contribution >= 4 is 17.5 Å². The summed E-state index contributed by atoms with van der Waals surface area (Å²) in [5.41, 5.74) is 5.35. The molecule has 160 valence electrons. The molecule has 0 atom stereocenters. The van der Waals surface area contributed by atoms with Crippen molar-refractivity contribution in [2.24, 2.45) is 0 Å². The van der Waals surface area contributed by atoms with Gasteiger partial charge < -0.3 is 15.1 Å². The number of carbonyl (C=O) groups excluding carboxylic acids is 1. The summed E-state index contributed by atoms with van der Waals surface area (Å²) >= 11 is 0. The van der Waals surface area contributed by atoms with Gasteiger partial charge in [-0.05, 0) is 56.2 Å². The Morgan fingerprint density at radius 3 is 2.32 bits per heavy atom. The van der Waals surface area contributed by atoms with Gasteiger partial charge >= 0.3 is 6.03 Å². The zero-order valence-electron chi connectivity index (χ0n) is 18.0. The van der Waals surface area contributed by atoms with Crippen molar-refractivity contribution < 1.29 is 9.18 Å². The molecular formula is C24H26FN5O. The lowest BCUT2D eigenvalue weighted by molar-refractivity contribution is 0.208. The number of aryl methyl sites for hydroxylation is 3. The number of benzene rings is 2. The summed E-state index contributed by atoms with van der Waals surface area (Å²) in [5, 5.41) is 11.6. The van der Waals surface area contributed by atoms with Crippen LogP contribution in [0.5, 0.6) is 0 Å². The summed E-state index contributed by atoms with van der Waals surface area (Å²) in [6.07, 6.45) is 0. The van der Waals surface area contributed by atoms with Crippen LogP contribution in [0.15, 0.2) is 48.5 Å². The van der Waals surface area contributed by atoms with Crippen LogP contribution in [0, 0.1) is 26.6 Å². The van der Waals surface area contributed by atoms with E-state index in [1.807, 2.05) is 12.1 Å². The maximum atomic E-state index is 13.7. The third-order valence-corrected chi connectivity index (χ3v) is 5.62. The van der Waals surface area contributed by atoms with Gasteiger partial charge in [-0.2, -0.15) is 0 Å². The van der Waals surface area contributed by atoms with E-state index in [1.165, 1.54) is 17.2 Å². The van der Waals surface area contributed by atoms with Crippen molar-refractivity contribution in [1.29, 1.82) is 0 Å². The molecule has 4 rings (SSSR count). The summed E-state index contributed by atoms with van der Waals surface area (Å²) < 4.78 is 13.7. The van der Waals surface area contributed by atoms with Crippen LogP contribution in [0.1, 0.15) is 16.7 Å². The van der Waals surface area contributed by atoms with E-state index < -0.39 is 0 Å². The Kier molecular flexibility index (Phi) is 5.84. The summed E-state index contributed by atoms with van der Waals surface area (Å²) in [6, 6.07) is 14.7. The molecule has 1 N–H and O–H groups in total. The number of nitrogens with one attached hydrogen (secondary N) is 1. The summed E-state index contributed by atoms with van der Waals surface area (Å²) in [6.45, 7) is 8.27. The molecule has 7 heteroatoms. The molecule has 1 aliphatic rings. The molecule has 0 spiro atoms. The van der Waals surface area contributed by atoms with Crippen molar-refractivity contribution in [2.75, 3.05) is 36.4 Å². The van der Waals surface area contributed by atoms with Crippen LogP contribution >= 0.6 is 0 Å². The maximum Gasteiger partial charge on any atom is 0.321 e. The van der Waals surface area contributed by atoms with E-state index >= 15 is 0 Å². The minimum atomic E-state index is -0.328. The van der Waals surface area contributed by atoms with Gasteiger partial charge in [0, 0.05) is 37.4 Å². The highest BCUT2D eigenvalue weighted by Crippen LogP contribution is 2.23. The Labute approximate surface area is 181 Å². The van der Waals surface area contributed by atoms with Crippen LogP contribution in [0.4, 0.5) is 20.7 Å². The number of aromatic nitrogens is 2. The Hall–Kier alpha value is -3.48. The first kappa shape index (κ1) is 20.8. The Bertz CT molecular complexity index is 1090. The predicted octanol–water partition coefficient (Wildman–Crippen LogP) is 4.56. The van der Waals surface area contributed by atoms with E-state index in [9.17, 15) is 9.18 Å². The number of halogens is 1. The topological polar surface area (TPSA) is 61.4 Å². The average Bonchev–Trinajstić information content (AvgIpc) is 2.77. The molecule has 0 saturated carbocycles. The molecule has 0 radical (unpaired) electrons. The monoisotopic (exact) mass is 419 g/mol. The lowest BCUT2D eigenvalue weighted by atomic mass is 10.0. The number of hydrogen-bond acceptors (Lipinski definition) is 4. The molecule has 1 aliphatic heterocycles. The van der Waals surface area contributed by atoms with E-state index in [1.54, 1.807) is 24.0 Å². The van der Waals surface area contributed by atoms with Crippen LogP contribution in [-0.4, -0.2) is 47.3 Å². The summed E-state index contributed by atoms with van der Waals surface area (Å²) in [4.78, 5) is 16.4. The van der Waals surface area contributed by atoms with Crippen LogP contribution < -0.4 is 10.2 Å². The first-order chi connectivity index (χ1) is 14.9. The minimum Gasteiger partial charge on any atom is -0.352 e. The lowest BCUT2D eigenvalue weighted by Crippen LogP contribution is -2.50. The molecule has 2 amide bonds. The molecule has 6 nitrogen and oxygen atoms in total. The van der Waals surface area contributed by atoms with E-state index in [2.05, 4.69) is 52.5 Å². The molecule has 2 aromatic carbocycles. The number of rotatable bonds is 3. The zero-order chi connectivity index (χ0) is 22.0. The number of piperazine rings is 1. The number of hydrogen-bond donors (Lipinski definition) is 1. The van der Waals surface area contributed by atoms with Crippen molar-refractivity contribution in [3.05, 3.63) is 71.0 Å². The standard InChI is InChI=1S/C24H26FN5O/c1-16-4-7-20(18(3)14-16)22-8-9-23(28-27-22)29-10-12-30(13-11-29)24(31)26-19-6-5-17(2)21(25)15-19/h4-9,14-15H,10-13H2,1-3H3,(H,26,31). The van der Waals surface area contributed by atoms with E-state index in [0.29, 0.717) is 37.4 Å². The number of nitrogens with zero attached hydrogens (tertiary/aromatic N) is 4. The molecule has 2 heterocycles. The Morgan fingerprint density at radius 1 is 0.903 bits per heavy atom. The van der Waals surface area contributed by atoms with Crippen molar-refractivity contribution in [3.8, 4) is 11.3 Å². The first-order valence-electron chi connectivity index (χ1n) is 10.4. The highest BCUT2D eigenvalue weighted by atomic mass is 19.1. The number of carbonyl (C=O) groups is 1. The second-order valence-corrected chi connectivity index (χ2v) is 7.96. The Balaban J connectivity index is 1.36. The highest BCUT2D eigenvalue weighted by Gasteiger charge is 2.22. The fraction of sp³-hybridized carbons (Fsp3) is 0.292. The highest BCUT2D eigenvalue weighted by molar-refractivity contribution is 5.89. The van der Waals surface area contributed by atoms with E-state index in [-0.39, 0.29) is 11.8 Å². The minimum absolute atomic E-state index is 0.223. The second kappa shape index (κ2) is 8.71. The lowest BCUT2D eigenvalue weighted by Gasteiger charge is -2.35. The molecule has 1 saturated heterocycles. The van der Waals surface area contributed by atoms with Crippen LogP contribution in [-0.2, 0) is 0 Å². The van der Waals surface area contributed by atoms with Gasteiger partial charge in [0.1, 0.15) is 5.82 Å². The Morgan fingerprint density at radius 2 is 1.68 bits per heavy atom. The van der Waals surface area contributed by atoms with Gasteiger partial charge in [-0.3, -0.25) is 0 Å². The third-order valence-electron chi connectivity index (χ3n) is 5.62. The molecule has 1 aromatic heterocycles. The molecular weight excluding hydrogens is 393 g/mol. The molecule has 1 fully saturated rings. The van der Waals surface area contributed by atoms with Gasteiger partial charge in [0.25, 0.3) is 0 Å². The SMILES string of the molecule is Cc1ccc(-c2ccc(N3CCN(C(=O)Nc4ccc(C)c(F)c4)CC3)nn2)c(C)c1. The normalized spacial score (nSPS) is 13.9. The van der Waals surface area contributed by atoms with E-state index in [0.717, 1.165) is 17.1 Å².